The van der Waals surface area contributed by atoms with E-state index in [-0.39, 0.29) is 38.3 Å². The number of carbonyl (C=O) groups is 1. The Labute approximate surface area is 149 Å². The summed E-state index contributed by atoms with van der Waals surface area (Å²) in [6, 6.07) is 11.6. The van der Waals surface area contributed by atoms with E-state index in [0.29, 0.717) is 0 Å². The molecule has 26 heavy (non-hydrogen) atoms. The van der Waals surface area contributed by atoms with Crippen LogP contribution in [0.2, 0.25) is 0 Å². The van der Waals surface area contributed by atoms with Crippen LogP contribution in [0, 0.1) is 0 Å². The molecule has 0 aliphatic carbocycles. The number of benzene rings is 1. The molecule has 2 aromatic heterocycles. The number of aromatic amines is 1. The fraction of sp³-hybridized carbons (Fsp3) is 0.300. The summed E-state index contributed by atoms with van der Waals surface area (Å²) in [5.41, 5.74) is 3.66. The van der Waals surface area contributed by atoms with Crippen LogP contribution in [0.15, 0.2) is 48.8 Å². The van der Waals surface area contributed by atoms with Gasteiger partial charge in [0.25, 0.3) is 5.92 Å². The van der Waals surface area contributed by atoms with Crippen molar-refractivity contribution in [2.45, 2.75) is 25.2 Å². The third kappa shape index (κ3) is 3.19. The molecule has 0 atom stereocenters. The highest BCUT2D eigenvalue weighted by Gasteiger charge is 2.35. The summed E-state index contributed by atoms with van der Waals surface area (Å²) >= 11 is 0. The topological polar surface area (TPSA) is 49.0 Å². The molecule has 0 radical (unpaired) electrons. The predicted octanol–water partition coefficient (Wildman–Crippen LogP) is 4.03. The zero-order chi connectivity index (χ0) is 18.1. The minimum absolute atomic E-state index is 0.104. The number of fused-ring (bicyclic) bond motifs is 1. The number of H-pyrrole nitrogens is 1. The highest BCUT2D eigenvalue weighted by molar-refractivity contribution is 5.94. The number of nitrogens with one attached hydrogen (secondary N) is 1. The van der Waals surface area contributed by atoms with Gasteiger partial charge < -0.3 is 9.88 Å². The lowest BCUT2D eigenvalue weighted by atomic mass is 9.95. The summed E-state index contributed by atoms with van der Waals surface area (Å²) in [5.74, 6) is -2.75. The molecule has 134 valence electrons. The molecule has 6 heteroatoms. The van der Waals surface area contributed by atoms with Gasteiger partial charge in [-0.05, 0) is 28.8 Å². The van der Waals surface area contributed by atoms with Gasteiger partial charge in [-0.25, -0.2) is 13.8 Å². The number of aromatic nitrogens is 2. The van der Waals surface area contributed by atoms with Crippen molar-refractivity contribution in [1.29, 1.82) is 0 Å². The van der Waals surface area contributed by atoms with Crippen molar-refractivity contribution in [2.24, 2.45) is 0 Å². The highest BCUT2D eigenvalue weighted by Crippen LogP contribution is 2.31. The molecule has 1 fully saturated rings. The highest BCUT2D eigenvalue weighted by atomic mass is 19.3. The number of alkyl halides is 2. The molecule has 1 N–H and O–H groups in total. The number of hydrogen-bond donors (Lipinski definition) is 1. The van der Waals surface area contributed by atoms with E-state index in [0.717, 1.165) is 27.7 Å². The lowest BCUT2D eigenvalue weighted by molar-refractivity contribution is -0.136. The monoisotopic (exact) mass is 355 g/mol. The van der Waals surface area contributed by atoms with E-state index in [9.17, 15) is 13.6 Å². The number of carbonyl (C=O) groups excluding carboxylic acids is 1. The maximum atomic E-state index is 13.3. The molecule has 0 spiro atoms. The number of piperidine rings is 1. The Bertz CT molecular complexity index is 941. The first-order valence-electron chi connectivity index (χ1n) is 8.69. The van der Waals surface area contributed by atoms with Crippen molar-refractivity contribution in [2.75, 3.05) is 13.1 Å². The second-order valence-corrected chi connectivity index (χ2v) is 6.67. The SMILES string of the molecule is O=C(Cc1ccccc1-c1ccnc2[nH]ccc12)N1CCC(F)(F)CC1. The van der Waals surface area contributed by atoms with Crippen molar-refractivity contribution in [3.8, 4) is 11.1 Å². The van der Waals surface area contributed by atoms with Crippen LogP contribution in [-0.2, 0) is 11.2 Å². The Hall–Kier alpha value is -2.76. The lowest BCUT2D eigenvalue weighted by Gasteiger charge is -2.32. The van der Waals surface area contributed by atoms with Crippen LogP contribution in [-0.4, -0.2) is 39.8 Å². The molecular formula is C20H19F2N3O. The summed E-state index contributed by atoms with van der Waals surface area (Å²) in [6.45, 7) is 0.233. The number of nitrogens with zero attached hydrogens (tertiary/aromatic N) is 2. The number of pyridine rings is 1. The normalized spacial score (nSPS) is 16.8. The first-order valence-corrected chi connectivity index (χ1v) is 8.69. The van der Waals surface area contributed by atoms with Gasteiger partial charge >= 0.3 is 0 Å². The molecule has 0 unspecified atom stereocenters. The fourth-order valence-electron chi connectivity index (χ4n) is 3.49. The number of halogens is 2. The van der Waals surface area contributed by atoms with E-state index in [1.165, 1.54) is 0 Å². The maximum absolute atomic E-state index is 13.3. The van der Waals surface area contributed by atoms with E-state index < -0.39 is 5.92 Å². The van der Waals surface area contributed by atoms with Gasteiger partial charge in [0.2, 0.25) is 5.91 Å². The van der Waals surface area contributed by atoms with Gasteiger partial charge in [0.1, 0.15) is 5.65 Å². The molecule has 3 aromatic rings. The Morgan fingerprint density at radius 2 is 1.88 bits per heavy atom. The third-order valence-corrected chi connectivity index (χ3v) is 4.96. The molecule has 1 saturated heterocycles. The van der Waals surface area contributed by atoms with Crippen molar-refractivity contribution >= 4 is 16.9 Å². The van der Waals surface area contributed by atoms with Gasteiger partial charge in [-0.3, -0.25) is 4.79 Å². The standard InChI is InChI=1S/C20H19F2N3O/c21-20(22)7-11-25(12-8-20)18(26)13-14-3-1-2-4-15(14)16-5-9-23-19-17(16)6-10-24-19/h1-6,9-10H,7-8,11-13H2,(H,23,24). The molecule has 4 rings (SSSR count). The summed E-state index contributed by atoms with van der Waals surface area (Å²) in [6.07, 6.45) is 3.27. The summed E-state index contributed by atoms with van der Waals surface area (Å²) in [5, 5.41) is 0.991. The van der Waals surface area contributed by atoms with Gasteiger partial charge in [0, 0.05) is 43.7 Å². The molecular weight excluding hydrogens is 336 g/mol. The number of likely N-dealkylation sites (tertiary alicyclic amines) is 1. The minimum atomic E-state index is -2.65. The van der Waals surface area contributed by atoms with Crippen molar-refractivity contribution in [3.63, 3.8) is 0 Å². The number of amides is 1. The Morgan fingerprint density at radius 1 is 1.12 bits per heavy atom. The van der Waals surface area contributed by atoms with Crippen LogP contribution in [0.1, 0.15) is 18.4 Å². The molecule has 1 aliphatic heterocycles. The zero-order valence-electron chi connectivity index (χ0n) is 14.2. The molecule has 1 amide bonds. The van der Waals surface area contributed by atoms with E-state index in [4.69, 9.17) is 0 Å². The largest absolute Gasteiger partial charge is 0.346 e. The lowest BCUT2D eigenvalue weighted by Crippen LogP contribution is -2.43. The van der Waals surface area contributed by atoms with Crippen molar-refractivity contribution in [1.82, 2.24) is 14.9 Å². The smallest absolute Gasteiger partial charge is 0.251 e. The second-order valence-electron chi connectivity index (χ2n) is 6.67. The van der Waals surface area contributed by atoms with E-state index in [1.807, 2.05) is 42.6 Å². The van der Waals surface area contributed by atoms with E-state index in [1.54, 1.807) is 11.1 Å². The first kappa shape index (κ1) is 16.7. The molecule has 0 bridgehead atoms. The van der Waals surface area contributed by atoms with Crippen LogP contribution in [0.4, 0.5) is 8.78 Å². The summed E-state index contributed by atoms with van der Waals surface area (Å²) in [7, 11) is 0. The van der Waals surface area contributed by atoms with Gasteiger partial charge in [0.05, 0.1) is 6.42 Å². The maximum Gasteiger partial charge on any atom is 0.251 e. The average molecular weight is 355 g/mol. The molecule has 1 aliphatic rings. The number of hydrogen-bond acceptors (Lipinski definition) is 2. The van der Waals surface area contributed by atoms with Gasteiger partial charge in [-0.15, -0.1) is 0 Å². The average Bonchev–Trinajstić information content (AvgIpc) is 3.11. The Kier molecular flexibility index (Phi) is 4.18. The fourth-order valence-corrected chi connectivity index (χ4v) is 3.49. The van der Waals surface area contributed by atoms with Crippen LogP contribution in [0.3, 0.4) is 0 Å². The van der Waals surface area contributed by atoms with Crippen LogP contribution in [0.25, 0.3) is 22.2 Å². The van der Waals surface area contributed by atoms with Gasteiger partial charge in [-0.1, -0.05) is 24.3 Å². The van der Waals surface area contributed by atoms with Crippen LogP contribution in [0.5, 0.6) is 0 Å². The second kappa shape index (κ2) is 6.52. The summed E-state index contributed by atoms with van der Waals surface area (Å²) < 4.78 is 26.6. The first-order chi connectivity index (χ1) is 12.5. The summed E-state index contributed by atoms with van der Waals surface area (Å²) in [4.78, 5) is 21.6. The third-order valence-electron chi connectivity index (χ3n) is 4.96. The quantitative estimate of drug-likeness (QED) is 0.771. The molecule has 3 heterocycles. The predicted molar refractivity (Wildman–Crippen MR) is 96.0 cm³/mol. The molecule has 0 saturated carbocycles. The van der Waals surface area contributed by atoms with E-state index >= 15 is 0 Å². The molecule has 1 aromatic carbocycles. The Morgan fingerprint density at radius 3 is 2.69 bits per heavy atom. The van der Waals surface area contributed by atoms with Gasteiger partial charge in [0.15, 0.2) is 0 Å². The van der Waals surface area contributed by atoms with Gasteiger partial charge in [-0.2, -0.15) is 0 Å². The Balaban J connectivity index is 1.61. The minimum Gasteiger partial charge on any atom is -0.346 e. The van der Waals surface area contributed by atoms with Crippen LogP contribution < -0.4 is 0 Å². The van der Waals surface area contributed by atoms with E-state index in [2.05, 4.69) is 9.97 Å². The molecule has 4 nitrogen and oxygen atoms in total. The van der Waals surface area contributed by atoms with Crippen molar-refractivity contribution in [3.05, 3.63) is 54.4 Å². The zero-order valence-corrected chi connectivity index (χ0v) is 14.2. The van der Waals surface area contributed by atoms with Crippen molar-refractivity contribution < 1.29 is 13.6 Å². The number of rotatable bonds is 3. The van der Waals surface area contributed by atoms with Crippen LogP contribution >= 0.6 is 0 Å².